The summed E-state index contributed by atoms with van der Waals surface area (Å²) in [5, 5.41) is 2.67. The quantitative estimate of drug-likeness (QED) is 0.720. The Morgan fingerprint density at radius 2 is 2.06 bits per heavy atom. The van der Waals surface area contributed by atoms with Gasteiger partial charge in [-0.2, -0.15) is 0 Å². The normalized spacial score (nSPS) is 11.8. The van der Waals surface area contributed by atoms with Gasteiger partial charge in [0, 0.05) is 16.2 Å². The third-order valence-corrected chi connectivity index (χ3v) is 3.21. The summed E-state index contributed by atoms with van der Waals surface area (Å²) in [6.45, 7) is 2.07. The van der Waals surface area contributed by atoms with Crippen LogP contribution in [0.4, 0.5) is 0 Å². The molecule has 0 aromatic heterocycles. The molecule has 0 unspecified atom stereocenters. The number of fused-ring (bicyclic) bond motifs is 1. The second-order valence-corrected chi connectivity index (χ2v) is 4.56. The molecule has 2 aromatic rings. The van der Waals surface area contributed by atoms with Crippen molar-refractivity contribution in [2.24, 2.45) is 0 Å². The van der Waals surface area contributed by atoms with Gasteiger partial charge in [-0.1, -0.05) is 61.4 Å². The fourth-order valence-corrected chi connectivity index (χ4v) is 2.27. The molecule has 0 bridgehead atoms. The Bertz CT molecular complexity index is 599. The first-order valence-corrected chi connectivity index (χ1v) is 6.41. The molecule has 0 amide bonds. The molecule has 91 valence electrons. The zero-order chi connectivity index (χ0) is 13.0. The number of rotatable bonds is 4. The number of benzene rings is 2. The molecule has 0 fully saturated rings. The lowest BCUT2D eigenvalue weighted by Crippen LogP contribution is -1.90. The van der Waals surface area contributed by atoms with Crippen molar-refractivity contribution in [1.29, 1.82) is 0 Å². The Morgan fingerprint density at radius 1 is 1.28 bits per heavy atom. The van der Waals surface area contributed by atoms with E-state index in [1.165, 1.54) is 0 Å². The lowest BCUT2D eigenvalue weighted by Gasteiger charge is -2.08. The monoisotopic (exact) mass is 257 g/mol. The maximum Gasteiger partial charge on any atom is 0.233 e. The third-order valence-electron chi connectivity index (χ3n) is 2.89. The largest absolute Gasteiger partial charge is 0.285 e. The van der Waals surface area contributed by atoms with Gasteiger partial charge in [-0.05, 0) is 23.3 Å². The van der Waals surface area contributed by atoms with Crippen LogP contribution in [0.3, 0.4) is 0 Å². The van der Waals surface area contributed by atoms with Gasteiger partial charge in [0.05, 0.1) is 0 Å². The highest BCUT2D eigenvalue weighted by atomic mass is 35.5. The van der Waals surface area contributed by atoms with Crippen molar-refractivity contribution in [3.8, 4) is 0 Å². The maximum absolute atomic E-state index is 11.2. The predicted molar refractivity (Wildman–Crippen MR) is 77.5 cm³/mol. The minimum atomic E-state index is 0.554. The lowest BCUT2D eigenvalue weighted by molar-refractivity contribution is 0.565. The summed E-state index contributed by atoms with van der Waals surface area (Å²) in [5.41, 5.74) is 1.34. The molecule has 0 aliphatic heterocycles. The topological polar surface area (TPSA) is 17.1 Å². The SMILES string of the molecule is CCCC=C([C]=O)c1c(Cl)ccc2ccccc12. The van der Waals surface area contributed by atoms with E-state index in [2.05, 4.69) is 6.92 Å². The first-order chi connectivity index (χ1) is 8.77. The van der Waals surface area contributed by atoms with E-state index in [-0.39, 0.29) is 0 Å². The molecule has 1 radical (unpaired) electrons. The van der Waals surface area contributed by atoms with Crippen molar-refractivity contribution in [2.45, 2.75) is 19.8 Å². The molecule has 2 rings (SSSR count). The van der Waals surface area contributed by atoms with E-state index < -0.39 is 0 Å². The second kappa shape index (κ2) is 5.83. The minimum absolute atomic E-state index is 0.554. The zero-order valence-electron chi connectivity index (χ0n) is 10.2. The van der Waals surface area contributed by atoms with Gasteiger partial charge in [-0.25, -0.2) is 0 Å². The van der Waals surface area contributed by atoms with Crippen molar-refractivity contribution in [3.63, 3.8) is 0 Å². The summed E-state index contributed by atoms with van der Waals surface area (Å²) in [4.78, 5) is 11.2. The van der Waals surface area contributed by atoms with Crippen molar-refractivity contribution in [2.75, 3.05) is 0 Å². The van der Waals surface area contributed by atoms with Gasteiger partial charge >= 0.3 is 0 Å². The molecule has 0 aliphatic carbocycles. The van der Waals surface area contributed by atoms with Crippen LogP contribution in [0, 0.1) is 0 Å². The van der Waals surface area contributed by atoms with Gasteiger partial charge in [-0.15, -0.1) is 0 Å². The van der Waals surface area contributed by atoms with Crippen LogP contribution in [0.5, 0.6) is 0 Å². The van der Waals surface area contributed by atoms with Gasteiger partial charge in [-0.3, -0.25) is 4.79 Å². The van der Waals surface area contributed by atoms with Crippen molar-refractivity contribution in [3.05, 3.63) is 53.1 Å². The number of unbranched alkanes of at least 4 members (excludes halogenated alkanes) is 1. The van der Waals surface area contributed by atoms with E-state index >= 15 is 0 Å². The number of allylic oxidation sites excluding steroid dienone is 2. The highest BCUT2D eigenvalue weighted by Gasteiger charge is 2.10. The first kappa shape index (κ1) is 12.8. The van der Waals surface area contributed by atoms with E-state index in [1.807, 2.05) is 48.8 Å². The fourth-order valence-electron chi connectivity index (χ4n) is 2.00. The van der Waals surface area contributed by atoms with Crippen molar-refractivity contribution < 1.29 is 4.79 Å². The average Bonchev–Trinajstić information content (AvgIpc) is 2.41. The Morgan fingerprint density at radius 3 is 2.78 bits per heavy atom. The minimum Gasteiger partial charge on any atom is -0.285 e. The summed E-state index contributed by atoms with van der Waals surface area (Å²) in [6, 6.07) is 11.7. The number of halogens is 1. The molecule has 18 heavy (non-hydrogen) atoms. The van der Waals surface area contributed by atoms with Crippen LogP contribution in [0.15, 0.2) is 42.5 Å². The Balaban J connectivity index is 2.68. The van der Waals surface area contributed by atoms with Crippen molar-refractivity contribution in [1.82, 2.24) is 0 Å². The Hall–Kier alpha value is -1.60. The molecule has 2 heteroatoms. The molecule has 0 N–H and O–H groups in total. The second-order valence-electron chi connectivity index (χ2n) is 4.15. The molecule has 0 heterocycles. The summed E-state index contributed by atoms with van der Waals surface area (Å²) in [6.07, 6.45) is 5.76. The molecule has 0 spiro atoms. The van der Waals surface area contributed by atoms with Crippen LogP contribution >= 0.6 is 11.6 Å². The van der Waals surface area contributed by atoms with Gasteiger partial charge in [0.1, 0.15) is 0 Å². The standard InChI is InChI=1S/C16H14ClO/c1-2-3-6-13(11-18)16-14-8-5-4-7-12(14)9-10-15(16)17/h4-10H,2-3H2,1H3. The van der Waals surface area contributed by atoms with Crippen LogP contribution in [-0.2, 0) is 4.79 Å². The molecular formula is C16H14ClO. The van der Waals surface area contributed by atoms with Crippen LogP contribution in [0.2, 0.25) is 5.02 Å². The third kappa shape index (κ3) is 2.46. The summed E-state index contributed by atoms with van der Waals surface area (Å²) in [5.74, 6) is 0. The van der Waals surface area contributed by atoms with E-state index in [0.29, 0.717) is 10.6 Å². The van der Waals surface area contributed by atoms with Gasteiger partial charge in [0.15, 0.2) is 0 Å². The number of carbonyl (C=O) groups excluding carboxylic acids is 1. The van der Waals surface area contributed by atoms with Gasteiger partial charge in [0.2, 0.25) is 6.29 Å². The highest BCUT2D eigenvalue weighted by molar-refractivity contribution is 6.35. The molecule has 0 aliphatic rings. The van der Waals surface area contributed by atoms with Gasteiger partial charge < -0.3 is 0 Å². The van der Waals surface area contributed by atoms with Crippen LogP contribution in [0.1, 0.15) is 25.3 Å². The zero-order valence-corrected chi connectivity index (χ0v) is 11.0. The summed E-state index contributed by atoms with van der Waals surface area (Å²) in [7, 11) is 0. The lowest BCUT2D eigenvalue weighted by atomic mass is 9.98. The Labute approximate surface area is 112 Å². The molecule has 0 saturated heterocycles. The predicted octanol–water partition coefficient (Wildman–Crippen LogP) is 4.79. The molecule has 0 saturated carbocycles. The maximum atomic E-state index is 11.2. The molecule has 0 atom stereocenters. The number of hydrogen-bond acceptors (Lipinski definition) is 1. The van der Waals surface area contributed by atoms with Crippen molar-refractivity contribution >= 4 is 34.2 Å². The summed E-state index contributed by atoms with van der Waals surface area (Å²) < 4.78 is 0. The average molecular weight is 258 g/mol. The summed E-state index contributed by atoms with van der Waals surface area (Å²) >= 11 is 6.24. The van der Waals surface area contributed by atoms with E-state index in [4.69, 9.17) is 11.6 Å². The van der Waals surface area contributed by atoms with E-state index in [9.17, 15) is 4.79 Å². The van der Waals surface area contributed by atoms with E-state index in [0.717, 1.165) is 29.2 Å². The highest BCUT2D eigenvalue weighted by Crippen LogP contribution is 2.31. The van der Waals surface area contributed by atoms with Crippen LogP contribution in [-0.4, -0.2) is 6.29 Å². The van der Waals surface area contributed by atoms with Crippen LogP contribution < -0.4 is 0 Å². The first-order valence-electron chi connectivity index (χ1n) is 6.04. The molecular weight excluding hydrogens is 244 g/mol. The Kier molecular flexibility index (Phi) is 4.16. The van der Waals surface area contributed by atoms with E-state index in [1.54, 1.807) is 0 Å². The molecule has 1 nitrogen and oxygen atoms in total. The van der Waals surface area contributed by atoms with Gasteiger partial charge in [0.25, 0.3) is 0 Å². The molecule has 2 aromatic carbocycles. The fraction of sp³-hybridized carbons (Fsp3) is 0.188. The number of hydrogen-bond donors (Lipinski definition) is 0. The van der Waals surface area contributed by atoms with Crippen LogP contribution in [0.25, 0.3) is 16.3 Å². The smallest absolute Gasteiger partial charge is 0.233 e.